The fraction of sp³-hybridized carbons (Fsp3) is 0.381. The van der Waals surface area contributed by atoms with E-state index in [1.807, 2.05) is 13.8 Å². The van der Waals surface area contributed by atoms with Crippen molar-refractivity contribution in [2.24, 2.45) is 11.8 Å². The van der Waals surface area contributed by atoms with E-state index in [4.69, 9.17) is 9.47 Å². The van der Waals surface area contributed by atoms with E-state index in [1.54, 1.807) is 36.4 Å². The summed E-state index contributed by atoms with van der Waals surface area (Å²) in [5, 5.41) is 24.6. The summed E-state index contributed by atoms with van der Waals surface area (Å²) in [6, 6.07) is 9.62. The molecule has 0 aliphatic carbocycles. The Morgan fingerprint density at radius 1 is 0.815 bits per heavy atom. The number of phenols is 2. The summed E-state index contributed by atoms with van der Waals surface area (Å²) in [7, 11) is 2.97. The normalized spacial score (nSPS) is 25.3. The first kappa shape index (κ1) is 19.0. The molecule has 1 fully saturated rings. The number of para-hydroxylation sites is 2. The summed E-state index contributed by atoms with van der Waals surface area (Å²) in [4.78, 5) is 13.0. The van der Waals surface area contributed by atoms with E-state index in [-0.39, 0.29) is 29.1 Å². The molecule has 0 radical (unpaired) electrons. The fourth-order valence-electron chi connectivity index (χ4n) is 3.85. The molecular formula is C21H25NO5. The Morgan fingerprint density at radius 2 is 1.22 bits per heavy atom. The highest BCUT2D eigenvalue weighted by Gasteiger charge is 2.42. The first-order chi connectivity index (χ1) is 12.9. The van der Waals surface area contributed by atoms with Crippen LogP contribution in [0.15, 0.2) is 36.4 Å². The lowest BCUT2D eigenvalue weighted by Gasteiger charge is -2.40. The number of ketones is 1. The number of hydrogen-bond donors (Lipinski definition) is 3. The Hall–Kier alpha value is -2.73. The van der Waals surface area contributed by atoms with E-state index in [0.29, 0.717) is 22.6 Å². The maximum absolute atomic E-state index is 13.0. The molecule has 0 unspecified atom stereocenters. The highest BCUT2D eigenvalue weighted by Crippen LogP contribution is 2.45. The number of Topliss-reactive ketones (excluding diaryl/α,β-unsaturated/α-hetero) is 1. The van der Waals surface area contributed by atoms with E-state index >= 15 is 0 Å². The van der Waals surface area contributed by atoms with Gasteiger partial charge in [-0.1, -0.05) is 38.1 Å². The molecular weight excluding hydrogens is 346 g/mol. The first-order valence-corrected chi connectivity index (χ1v) is 8.92. The lowest BCUT2D eigenvalue weighted by Crippen LogP contribution is -2.46. The molecule has 144 valence electrons. The van der Waals surface area contributed by atoms with Crippen LogP contribution in [0.3, 0.4) is 0 Å². The standard InChI is InChI=1S/C21H25NO5/c1-11-17(13-7-5-9-15(26-3)20(13)24)22-18(12(2)19(11)23)14-8-6-10-16(27-4)21(14)25/h5-12,17-18,22,24-25H,1-4H3/t11-,12-,17-,18+/m0/s1. The summed E-state index contributed by atoms with van der Waals surface area (Å²) in [5.41, 5.74) is 1.18. The summed E-state index contributed by atoms with van der Waals surface area (Å²) in [6.45, 7) is 3.69. The molecule has 1 aliphatic rings. The first-order valence-electron chi connectivity index (χ1n) is 8.92. The van der Waals surface area contributed by atoms with Crippen LogP contribution in [0.5, 0.6) is 23.0 Å². The summed E-state index contributed by atoms with van der Waals surface area (Å²) in [6.07, 6.45) is 0. The van der Waals surface area contributed by atoms with Crippen molar-refractivity contribution in [2.75, 3.05) is 14.2 Å². The van der Waals surface area contributed by atoms with Gasteiger partial charge in [0.25, 0.3) is 0 Å². The maximum atomic E-state index is 13.0. The fourth-order valence-corrected chi connectivity index (χ4v) is 3.85. The number of benzene rings is 2. The third-order valence-electron chi connectivity index (χ3n) is 5.43. The van der Waals surface area contributed by atoms with Crippen LogP contribution in [0.25, 0.3) is 0 Å². The molecule has 6 nitrogen and oxygen atoms in total. The highest BCUT2D eigenvalue weighted by atomic mass is 16.5. The molecule has 27 heavy (non-hydrogen) atoms. The van der Waals surface area contributed by atoms with E-state index < -0.39 is 12.1 Å². The van der Waals surface area contributed by atoms with E-state index in [1.165, 1.54) is 14.2 Å². The average molecular weight is 371 g/mol. The zero-order chi connectivity index (χ0) is 19.7. The Kier molecular flexibility index (Phi) is 5.28. The monoisotopic (exact) mass is 371 g/mol. The summed E-state index contributed by atoms with van der Waals surface area (Å²) < 4.78 is 10.4. The maximum Gasteiger partial charge on any atom is 0.162 e. The summed E-state index contributed by atoms with van der Waals surface area (Å²) >= 11 is 0. The van der Waals surface area contributed by atoms with Crippen LogP contribution in [0, 0.1) is 11.8 Å². The number of methoxy groups -OCH3 is 2. The van der Waals surface area contributed by atoms with Crippen LogP contribution in [0.1, 0.15) is 37.1 Å². The molecule has 0 saturated carbocycles. The number of nitrogens with one attached hydrogen (secondary N) is 1. The number of hydrogen-bond acceptors (Lipinski definition) is 6. The minimum Gasteiger partial charge on any atom is -0.504 e. The van der Waals surface area contributed by atoms with Gasteiger partial charge in [0, 0.05) is 35.0 Å². The number of carbonyl (C=O) groups excluding carboxylic acids is 1. The van der Waals surface area contributed by atoms with E-state index in [9.17, 15) is 15.0 Å². The number of aromatic hydroxyl groups is 2. The Balaban J connectivity index is 2.05. The second kappa shape index (κ2) is 7.48. The van der Waals surface area contributed by atoms with E-state index in [0.717, 1.165) is 0 Å². The van der Waals surface area contributed by atoms with Gasteiger partial charge in [0.05, 0.1) is 14.2 Å². The van der Waals surface area contributed by atoms with Crippen LogP contribution < -0.4 is 14.8 Å². The molecule has 0 bridgehead atoms. The van der Waals surface area contributed by atoms with Crippen molar-refractivity contribution in [2.45, 2.75) is 25.9 Å². The number of piperidine rings is 1. The lowest BCUT2D eigenvalue weighted by molar-refractivity contribution is -0.130. The quantitative estimate of drug-likeness (QED) is 0.764. The molecule has 2 aromatic rings. The minimum atomic E-state index is -0.417. The number of ether oxygens (including phenoxy) is 2. The van der Waals surface area contributed by atoms with Gasteiger partial charge in [0.1, 0.15) is 5.78 Å². The second-order valence-corrected chi connectivity index (χ2v) is 6.90. The Labute approximate surface area is 158 Å². The topological polar surface area (TPSA) is 88.0 Å². The second-order valence-electron chi connectivity index (χ2n) is 6.90. The smallest absolute Gasteiger partial charge is 0.162 e. The Morgan fingerprint density at radius 3 is 1.59 bits per heavy atom. The van der Waals surface area contributed by atoms with Crippen LogP contribution in [-0.4, -0.2) is 30.2 Å². The highest BCUT2D eigenvalue weighted by molar-refractivity contribution is 5.86. The molecule has 1 heterocycles. The van der Waals surface area contributed by atoms with Crippen molar-refractivity contribution >= 4 is 5.78 Å². The molecule has 0 amide bonds. The van der Waals surface area contributed by atoms with Crippen molar-refractivity contribution in [3.8, 4) is 23.0 Å². The van der Waals surface area contributed by atoms with Gasteiger partial charge in [0.15, 0.2) is 23.0 Å². The van der Waals surface area contributed by atoms with E-state index in [2.05, 4.69) is 5.32 Å². The average Bonchev–Trinajstić information content (AvgIpc) is 2.68. The van der Waals surface area contributed by atoms with Crippen molar-refractivity contribution in [3.05, 3.63) is 47.5 Å². The predicted octanol–water partition coefficient (Wildman–Crippen LogP) is 3.34. The molecule has 3 N–H and O–H groups in total. The van der Waals surface area contributed by atoms with Gasteiger partial charge < -0.3 is 25.0 Å². The predicted molar refractivity (Wildman–Crippen MR) is 101 cm³/mol. The van der Waals surface area contributed by atoms with Gasteiger partial charge in [-0.2, -0.15) is 0 Å². The van der Waals surface area contributed by atoms with Gasteiger partial charge in [-0.3, -0.25) is 4.79 Å². The van der Waals surface area contributed by atoms with Crippen LogP contribution in [0.4, 0.5) is 0 Å². The van der Waals surface area contributed by atoms with Gasteiger partial charge in [-0.05, 0) is 12.1 Å². The minimum absolute atomic E-state index is 0.0142. The van der Waals surface area contributed by atoms with Gasteiger partial charge in [-0.25, -0.2) is 0 Å². The van der Waals surface area contributed by atoms with Gasteiger partial charge in [-0.15, -0.1) is 0 Å². The van der Waals surface area contributed by atoms with Gasteiger partial charge in [0.2, 0.25) is 0 Å². The molecule has 6 heteroatoms. The third kappa shape index (κ3) is 3.21. The van der Waals surface area contributed by atoms with Crippen molar-refractivity contribution < 1.29 is 24.5 Å². The molecule has 4 atom stereocenters. The number of phenolic OH excluding ortho intramolecular Hbond substituents is 2. The lowest BCUT2D eigenvalue weighted by atomic mass is 9.76. The molecule has 1 saturated heterocycles. The molecule has 1 aliphatic heterocycles. The van der Waals surface area contributed by atoms with Crippen molar-refractivity contribution in [3.63, 3.8) is 0 Å². The van der Waals surface area contributed by atoms with Crippen molar-refractivity contribution in [1.82, 2.24) is 5.32 Å². The van der Waals surface area contributed by atoms with Crippen LogP contribution in [0.2, 0.25) is 0 Å². The zero-order valence-corrected chi connectivity index (χ0v) is 15.9. The Bertz CT molecular complexity index is 783. The molecule has 0 spiro atoms. The van der Waals surface area contributed by atoms with Crippen LogP contribution >= 0.6 is 0 Å². The largest absolute Gasteiger partial charge is 0.504 e. The molecule has 2 aromatic carbocycles. The molecule has 3 rings (SSSR count). The summed E-state index contributed by atoms with van der Waals surface area (Å²) in [5.74, 6) is 0.111. The number of carbonyl (C=O) groups is 1. The van der Waals surface area contributed by atoms with Crippen LogP contribution in [-0.2, 0) is 4.79 Å². The number of rotatable bonds is 4. The molecule has 0 aromatic heterocycles. The van der Waals surface area contributed by atoms with Crippen molar-refractivity contribution in [1.29, 1.82) is 0 Å². The third-order valence-corrected chi connectivity index (χ3v) is 5.43. The SMILES string of the molecule is COc1cccc([C@H]2N[C@@H](c3cccc(OC)c3O)[C@H](C)C(=O)[C@H]2C)c1O. The van der Waals surface area contributed by atoms with Gasteiger partial charge >= 0.3 is 0 Å². The zero-order valence-electron chi connectivity index (χ0n) is 15.9.